The average molecular weight is 577 g/mol. The fourth-order valence-electron chi connectivity index (χ4n) is 4.64. The smallest absolute Gasteiger partial charge is 0.385 e. The van der Waals surface area contributed by atoms with Crippen molar-refractivity contribution in [3.05, 3.63) is 91.6 Å². The van der Waals surface area contributed by atoms with Gasteiger partial charge in [0.15, 0.2) is 0 Å². The monoisotopic (exact) mass is 576 g/mol. The highest BCUT2D eigenvalue weighted by molar-refractivity contribution is 6.31. The summed E-state index contributed by atoms with van der Waals surface area (Å²) in [5.74, 6) is -1.23. The standard InChI is InChI=1S/C28H28ClF3N4O4/c1-14(2)23(37)24-34-22-13-35(26(39)17-7-10-21(29)20(12-17)28(30,31)32)15(3)11-19(22)27(40)36(24)18-8-5-16(6-9-18)25(38)33-4/h5-10,12,14-15,23,37H,11,13H2,1-4H3,(H,33,38)/t15-,23+/m1/s1. The van der Waals surface area contributed by atoms with E-state index >= 15 is 0 Å². The van der Waals surface area contributed by atoms with Gasteiger partial charge in [-0.2, -0.15) is 13.2 Å². The Hall–Kier alpha value is -3.70. The quantitative estimate of drug-likeness (QED) is 0.464. The van der Waals surface area contributed by atoms with Crippen LogP contribution >= 0.6 is 11.6 Å². The Bertz CT molecular complexity index is 1520. The first-order valence-electron chi connectivity index (χ1n) is 12.6. The lowest BCUT2D eigenvalue weighted by atomic mass is 9.97. The number of benzene rings is 2. The molecule has 0 saturated carbocycles. The summed E-state index contributed by atoms with van der Waals surface area (Å²) in [6.07, 6.45) is -5.78. The van der Waals surface area contributed by atoms with Crippen LogP contribution in [-0.2, 0) is 19.1 Å². The number of nitrogens with zero attached hydrogens (tertiary/aromatic N) is 3. The number of rotatable bonds is 5. The minimum absolute atomic E-state index is 0.0549. The van der Waals surface area contributed by atoms with Crippen LogP contribution in [-0.4, -0.2) is 44.5 Å². The van der Waals surface area contributed by atoms with E-state index in [4.69, 9.17) is 11.6 Å². The third-order valence-electron chi connectivity index (χ3n) is 6.93. The molecular weight excluding hydrogens is 549 g/mol. The number of alkyl halides is 3. The SMILES string of the molecule is CNC(=O)c1ccc(-n2c([C@@H](O)C(C)C)nc3c(c2=O)C[C@@H](C)N(C(=O)c2ccc(Cl)c(C(F)(F)F)c2)C3)cc1. The van der Waals surface area contributed by atoms with Gasteiger partial charge in [-0.05, 0) is 61.7 Å². The Morgan fingerprint density at radius 1 is 1.12 bits per heavy atom. The van der Waals surface area contributed by atoms with Crippen LogP contribution in [0, 0.1) is 5.92 Å². The predicted molar refractivity (Wildman–Crippen MR) is 143 cm³/mol. The van der Waals surface area contributed by atoms with E-state index in [1.807, 2.05) is 0 Å². The Labute approximate surface area is 233 Å². The summed E-state index contributed by atoms with van der Waals surface area (Å²) < 4.78 is 41.5. The van der Waals surface area contributed by atoms with Crippen LogP contribution in [0.3, 0.4) is 0 Å². The van der Waals surface area contributed by atoms with Crippen molar-refractivity contribution < 1.29 is 27.9 Å². The predicted octanol–water partition coefficient (Wildman–Crippen LogP) is 4.54. The zero-order valence-corrected chi connectivity index (χ0v) is 23.0. The molecule has 12 heteroatoms. The number of hydrogen-bond acceptors (Lipinski definition) is 5. The molecule has 212 valence electrons. The first kappa shape index (κ1) is 29.3. The van der Waals surface area contributed by atoms with Gasteiger partial charge < -0.3 is 15.3 Å². The van der Waals surface area contributed by atoms with Gasteiger partial charge in [0.2, 0.25) is 0 Å². The molecule has 0 spiro atoms. The third kappa shape index (κ3) is 5.48. The lowest BCUT2D eigenvalue weighted by molar-refractivity contribution is -0.137. The van der Waals surface area contributed by atoms with Crippen molar-refractivity contribution in [2.75, 3.05) is 7.05 Å². The molecule has 0 saturated heterocycles. The Balaban J connectivity index is 1.78. The minimum atomic E-state index is -4.74. The van der Waals surface area contributed by atoms with E-state index in [2.05, 4.69) is 10.3 Å². The second-order valence-corrected chi connectivity index (χ2v) is 10.4. The molecule has 0 aliphatic carbocycles. The van der Waals surface area contributed by atoms with E-state index in [9.17, 15) is 32.7 Å². The number of carbonyl (C=O) groups is 2. The summed E-state index contributed by atoms with van der Waals surface area (Å²) in [5.41, 5.74) is -0.371. The van der Waals surface area contributed by atoms with E-state index in [0.717, 1.165) is 6.07 Å². The van der Waals surface area contributed by atoms with Crippen LogP contribution in [0.15, 0.2) is 47.3 Å². The van der Waals surface area contributed by atoms with Crippen molar-refractivity contribution in [2.24, 2.45) is 5.92 Å². The normalized spacial score (nSPS) is 16.1. The highest BCUT2D eigenvalue weighted by atomic mass is 35.5. The van der Waals surface area contributed by atoms with Crippen LogP contribution in [0.1, 0.15) is 70.2 Å². The number of nitrogens with one attached hydrogen (secondary N) is 1. The number of hydrogen-bond donors (Lipinski definition) is 2. The second kappa shape index (κ2) is 11.1. The molecule has 2 amide bonds. The van der Waals surface area contributed by atoms with Gasteiger partial charge in [-0.1, -0.05) is 25.4 Å². The van der Waals surface area contributed by atoms with E-state index in [0.29, 0.717) is 22.9 Å². The number of halogens is 4. The highest BCUT2D eigenvalue weighted by Gasteiger charge is 2.36. The van der Waals surface area contributed by atoms with Crippen molar-refractivity contribution >= 4 is 23.4 Å². The summed E-state index contributed by atoms with van der Waals surface area (Å²) in [6.45, 7) is 5.07. The fourth-order valence-corrected chi connectivity index (χ4v) is 4.87. The topological polar surface area (TPSA) is 105 Å². The van der Waals surface area contributed by atoms with Gasteiger partial charge in [0, 0.05) is 29.8 Å². The van der Waals surface area contributed by atoms with Crippen LogP contribution < -0.4 is 10.9 Å². The van der Waals surface area contributed by atoms with E-state index in [1.54, 1.807) is 45.0 Å². The summed E-state index contributed by atoms with van der Waals surface area (Å²) in [6, 6.07) is 8.70. The van der Waals surface area contributed by atoms with Crippen molar-refractivity contribution in [1.29, 1.82) is 0 Å². The summed E-state index contributed by atoms with van der Waals surface area (Å²) in [7, 11) is 1.50. The average Bonchev–Trinajstić information content (AvgIpc) is 2.91. The third-order valence-corrected chi connectivity index (χ3v) is 7.26. The molecule has 0 bridgehead atoms. The largest absolute Gasteiger partial charge is 0.417 e. The van der Waals surface area contributed by atoms with Gasteiger partial charge in [-0.25, -0.2) is 4.98 Å². The molecule has 1 aliphatic rings. The fraction of sp³-hybridized carbons (Fsp3) is 0.357. The second-order valence-electron chi connectivity index (χ2n) is 10.0. The summed E-state index contributed by atoms with van der Waals surface area (Å²) >= 11 is 5.72. The van der Waals surface area contributed by atoms with Gasteiger partial charge in [0.25, 0.3) is 17.4 Å². The van der Waals surface area contributed by atoms with Gasteiger partial charge in [-0.15, -0.1) is 0 Å². The number of aliphatic hydroxyl groups excluding tert-OH is 1. The highest BCUT2D eigenvalue weighted by Crippen LogP contribution is 2.36. The van der Waals surface area contributed by atoms with Gasteiger partial charge in [0.1, 0.15) is 11.9 Å². The van der Waals surface area contributed by atoms with E-state index < -0.39 is 40.4 Å². The van der Waals surface area contributed by atoms with Crippen molar-refractivity contribution in [3.8, 4) is 5.69 Å². The number of fused-ring (bicyclic) bond motifs is 1. The Morgan fingerprint density at radius 3 is 2.33 bits per heavy atom. The van der Waals surface area contributed by atoms with Gasteiger partial charge >= 0.3 is 6.18 Å². The molecule has 2 aromatic carbocycles. The first-order chi connectivity index (χ1) is 18.7. The molecular formula is C28H28ClF3N4O4. The van der Waals surface area contributed by atoms with Crippen LogP contribution in [0.4, 0.5) is 13.2 Å². The van der Waals surface area contributed by atoms with Gasteiger partial charge in [-0.3, -0.25) is 19.0 Å². The lowest BCUT2D eigenvalue weighted by Crippen LogP contribution is -2.46. The summed E-state index contributed by atoms with van der Waals surface area (Å²) in [5, 5.41) is 13.0. The molecule has 0 radical (unpaired) electrons. The zero-order chi connectivity index (χ0) is 29.5. The summed E-state index contributed by atoms with van der Waals surface area (Å²) in [4.78, 5) is 45.1. The molecule has 2 N–H and O–H groups in total. The molecule has 1 aromatic heterocycles. The molecule has 4 rings (SSSR count). The molecule has 3 aromatic rings. The van der Waals surface area contributed by atoms with Gasteiger partial charge in [0.05, 0.1) is 28.5 Å². The Morgan fingerprint density at radius 2 is 1.75 bits per heavy atom. The molecule has 2 heterocycles. The zero-order valence-electron chi connectivity index (χ0n) is 22.2. The molecule has 8 nitrogen and oxygen atoms in total. The van der Waals surface area contributed by atoms with Crippen LogP contribution in [0.2, 0.25) is 5.02 Å². The Kier molecular flexibility index (Phi) is 8.09. The maximum atomic E-state index is 13.8. The van der Waals surface area contributed by atoms with Crippen LogP contribution in [0.5, 0.6) is 0 Å². The lowest BCUT2D eigenvalue weighted by Gasteiger charge is -2.35. The molecule has 0 fully saturated rings. The molecule has 1 aliphatic heterocycles. The van der Waals surface area contributed by atoms with Crippen molar-refractivity contribution in [3.63, 3.8) is 0 Å². The first-order valence-corrected chi connectivity index (χ1v) is 12.9. The molecule has 0 unspecified atom stereocenters. The maximum Gasteiger partial charge on any atom is 0.417 e. The minimum Gasteiger partial charge on any atom is -0.385 e. The van der Waals surface area contributed by atoms with Crippen LogP contribution in [0.25, 0.3) is 5.69 Å². The maximum absolute atomic E-state index is 13.8. The van der Waals surface area contributed by atoms with E-state index in [1.165, 1.54) is 22.6 Å². The molecule has 40 heavy (non-hydrogen) atoms. The molecule has 2 atom stereocenters. The number of aliphatic hydroxyl groups is 1. The van der Waals surface area contributed by atoms with Crippen molar-refractivity contribution in [1.82, 2.24) is 19.8 Å². The number of amides is 2. The van der Waals surface area contributed by atoms with E-state index in [-0.39, 0.29) is 41.9 Å². The van der Waals surface area contributed by atoms with Crippen molar-refractivity contribution in [2.45, 2.75) is 52.1 Å². The number of aromatic nitrogens is 2. The number of carbonyl (C=O) groups excluding carboxylic acids is 2.